The van der Waals surface area contributed by atoms with Crippen LogP contribution in [0.2, 0.25) is 0 Å². The van der Waals surface area contributed by atoms with Crippen molar-refractivity contribution < 1.29 is 9.31 Å². The number of nitrogens with two attached hydrogens (primary N) is 1. The quantitative estimate of drug-likeness (QED) is 0.448. The molecule has 1 aromatic heterocycles. The van der Waals surface area contributed by atoms with E-state index in [4.69, 9.17) is 5.73 Å². The van der Waals surface area contributed by atoms with Crippen LogP contribution in [0.5, 0.6) is 0 Å². The van der Waals surface area contributed by atoms with Crippen molar-refractivity contribution in [1.82, 2.24) is 0 Å². The first-order valence-corrected chi connectivity index (χ1v) is 4.53. The summed E-state index contributed by atoms with van der Waals surface area (Å²) in [5.41, 5.74) is 5.37. The second kappa shape index (κ2) is 2.91. The maximum Gasteiger partial charge on any atom is 0.292 e. The van der Waals surface area contributed by atoms with Crippen LogP contribution >= 0.6 is 11.3 Å². The molecule has 2 aromatic rings. The van der Waals surface area contributed by atoms with Crippen LogP contribution in [0.1, 0.15) is 0 Å². The van der Waals surface area contributed by atoms with Gasteiger partial charge < -0.3 is 5.73 Å². The predicted molar refractivity (Wildman–Crippen MR) is 52.8 cm³/mol. The number of hydrogen-bond donors (Lipinski definition) is 1. The molecular formula is C8H5FN2O2S. The maximum atomic E-state index is 12.8. The first kappa shape index (κ1) is 8.89. The Morgan fingerprint density at radius 3 is 2.86 bits per heavy atom. The van der Waals surface area contributed by atoms with Gasteiger partial charge >= 0.3 is 0 Å². The Balaban J connectivity index is 2.80. The molecule has 2 rings (SSSR count). The zero-order chi connectivity index (χ0) is 10.3. The van der Waals surface area contributed by atoms with E-state index >= 15 is 0 Å². The third-order valence-corrected chi connectivity index (χ3v) is 2.77. The number of nitro benzene ring substituents is 1. The first-order valence-electron chi connectivity index (χ1n) is 3.71. The van der Waals surface area contributed by atoms with Gasteiger partial charge in [-0.3, -0.25) is 10.1 Å². The topological polar surface area (TPSA) is 69.2 Å². The van der Waals surface area contributed by atoms with Crippen LogP contribution in [0.25, 0.3) is 10.1 Å². The van der Waals surface area contributed by atoms with Crippen LogP contribution in [0, 0.1) is 15.2 Å². The van der Waals surface area contributed by atoms with Crippen LogP contribution in [-0.4, -0.2) is 4.92 Å². The molecule has 6 heteroatoms. The number of nitro groups is 1. The molecule has 0 bridgehead atoms. The van der Waals surface area contributed by atoms with Crippen LogP contribution in [-0.2, 0) is 0 Å². The van der Waals surface area contributed by atoms with Crippen molar-refractivity contribution in [3.63, 3.8) is 0 Å². The lowest BCUT2D eigenvalue weighted by molar-refractivity contribution is -0.383. The van der Waals surface area contributed by atoms with Gasteiger partial charge in [0.2, 0.25) is 0 Å². The smallest absolute Gasteiger partial charge is 0.292 e. The minimum absolute atomic E-state index is 0.0210. The minimum atomic E-state index is -0.579. The van der Waals surface area contributed by atoms with Crippen molar-refractivity contribution in [2.24, 2.45) is 0 Å². The molecule has 0 aliphatic heterocycles. The number of hydrogen-bond acceptors (Lipinski definition) is 4. The molecule has 4 nitrogen and oxygen atoms in total. The number of halogens is 1. The SMILES string of the molecule is Nc1c([N+](=O)[O-])ccc2sc(F)cc12. The lowest BCUT2D eigenvalue weighted by Gasteiger charge is -1.97. The third-order valence-electron chi connectivity index (χ3n) is 1.89. The monoisotopic (exact) mass is 212 g/mol. The number of thiophene rings is 1. The fourth-order valence-electron chi connectivity index (χ4n) is 1.25. The summed E-state index contributed by atoms with van der Waals surface area (Å²) in [4.78, 5) is 9.93. The summed E-state index contributed by atoms with van der Waals surface area (Å²) in [5, 5.41) is 10.5. The van der Waals surface area contributed by atoms with Gasteiger partial charge in [0, 0.05) is 16.2 Å². The third kappa shape index (κ3) is 1.20. The largest absolute Gasteiger partial charge is 0.393 e. The highest BCUT2D eigenvalue weighted by atomic mass is 32.1. The Morgan fingerprint density at radius 1 is 1.50 bits per heavy atom. The molecule has 0 radical (unpaired) electrons. The molecular weight excluding hydrogens is 207 g/mol. The number of nitrogens with zero attached hydrogens (tertiary/aromatic N) is 1. The number of nitrogen functional groups attached to an aromatic ring is 1. The summed E-state index contributed by atoms with van der Waals surface area (Å²) in [5.74, 6) is 0. The summed E-state index contributed by atoms with van der Waals surface area (Å²) in [6, 6.07) is 3.99. The van der Waals surface area contributed by atoms with Crippen LogP contribution < -0.4 is 5.73 Å². The van der Waals surface area contributed by atoms with E-state index in [9.17, 15) is 14.5 Å². The van der Waals surface area contributed by atoms with E-state index < -0.39 is 10.1 Å². The highest BCUT2D eigenvalue weighted by Crippen LogP contribution is 2.34. The number of benzene rings is 1. The van der Waals surface area contributed by atoms with Crippen molar-refractivity contribution in [3.05, 3.63) is 33.4 Å². The van der Waals surface area contributed by atoms with Crippen LogP contribution in [0.4, 0.5) is 15.8 Å². The lowest BCUT2D eigenvalue weighted by atomic mass is 10.2. The van der Waals surface area contributed by atoms with Crippen molar-refractivity contribution in [3.8, 4) is 0 Å². The van der Waals surface area contributed by atoms with E-state index in [-0.39, 0.29) is 11.4 Å². The van der Waals surface area contributed by atoms with Crippen LogP contribution in [0.15, 0.2) is 18.2 Å². The van der Waals surface area contributed by atoms with E-state index in [1.54, 1.807) is 0 Å². The summed E-state index contributed by atoms with van der Waals surface area (Å²) in [6.45, 7) is 0. The minimum Gasteiger partial charge on any atom is -0.393 e. The average molecular weight is 212 g/mol. The molecule has 0 atom stereocenters. The molecule has 1 heterocycles. The van der Waals surface area contributed by atoms with Gasteiger partial charge in [-0.05, 0) is 12.1 Å². The molecule has 0 amide bonds. The van der Waals surface area contributed by atoms with E-state index in [0.29, 0.717) is 10.1 Å². The Labute approximate surface area is 81.9 Å². The van der Waals surface area contributed by atoms with E-state index in [1.807, 2.05) is 0 Å². The van der Waals surface area contributed by atoms with Gasteiger partial charge in [0.15, 0.2) is 5.13 Å². The Bertz CT molecular complexity index is 523. The molecule has 0 saturated heterocycles. The molecule has 14 heavy (non-hydrogen) atoms. The Morgan fingerprint density at radius 2 is 2.21 bits per heavy atom. The van der Waals surface area contributed by atoms with Crippen molar-refractivity contribution in [1.29, 1.82) is 0 Å². The molecule has 72 valence electrons. The van der Waals surface area contributed by atoms with Crippen molar-refractivity contribution in [2.45, 2.75) is 0 Å². The predicted octanol–water partition coefficient (Wildman–Crippen LogP) is 2.53. The van der Waals surface area contributed by atoms with Crippen LogP contribution in [0.3, 0.4) is 0 Å². The maximum absolute atomic E-state index is 12.8. The first-order chi connectivity index (χ1) is 6.59. The summed E-state index contributed by atoms with van der Waals surface area (Å²) >= 11 is 0.917. The fourth-order valence-corrected chi connectivity index (χ4v) is 2.05. The molecule has 2 N–H and O–H groups in total. The molecule has 0 aliphatic rings. The molecule has 0 spiro atoms. The number of rotatable bonds is 1. The molecule has 0 saturated carbocycles. The Kier molecular flexibility index (Phi) is 1.85. The van der Waals surface area contributed by atoms with Gasteiger partial charge in [0.05, 0.1) is 4.92 Å². The zero-order valence-electron chi connectivity index (χ0n) is 6.86. The standard InChI is InChI=1S/C8H5FN2O2S/c9-7-3-4-6(14-7)2-1-5(8(4)10)11(12)13/h1-3H,10H2. The fraction of sp³-hybridized carbons (Fsp3) is 0. The van der Waals surface area contributed by atoms with Gasteiger partial charge in [-0.2, -0.15) is 4.39 Å². The van der Waals surface area contributed by atoms with Crippen molar-refractivity contribution in [2.75, 3.05) is 5.73 Å². The van der Waals surface area contributed by atoms with Gasteiger partial charge in [0.1, 0.15) is 5.69 Å². The van der Waals surface area contributed by atoms with Gasteiger partial charge in [-0.15, -0.1) is 11.3 Å². The molecule has 1 aromatic carbocycles. The number of anilines is 1. The molecule has 0 aliphatic carbocycles. The molecule has 0 fully saturated rings. The Hall–Kier alpha value is -1.69. The highest BCUT2D eigenvalue weighted by Gasteiger charge is 2.15. The number of fused-ring (bicyclic) bond motifs is 1. The lowest BCUT2D eigenvalue weighted by Crippen LogP contribution is -1.95. The normalized spacial score (nSPS) is 10.6. The van der Waals surface area contributed by atoms with E-state index in [1.165, 1.54) is 18.2 Å². The van der Waals surface area contributed by atoms with Gasteiger partial charge in [0.25, 0.3) is 5.69 Å². The van der Waals surface area contributed by atoms with Gasteiger partial charge in [-0.1, -0.05) is 0 Å². The molecule has 0 unspecified atom stereocenters. The van der Waals surface area contributed by atoms with E-state index in [2.05, 4.69) is 0 Å². The summed E-state index contributed by atoms with van der Waals surface area (Å²) in [7, 11) is 0. The second-order valence-corrected chi connectivity index (χ2v) is 3.75. The summed E-state index contributed by atoms with van der Waals surface area (Å²) < 4.78 is 13.4. The average Bonchev–Trinajstić information content (AvgIpc) is 2.46. The van der Waals surface area contributed by atoms with Crippen molar-refractivity contribution >= 4 is 32.8 Å². The van der Waals surface area contributed by atoms with Gasteiger partial charge in [-0.25, -0.2) is 0 Å². The zero-order valence-corrected chi connectivity index (χ0v) is 7.68. The second-order valence-electron chi connectivity index (χ2n) is 2.72. The van der Waals surface area contributed by atoms with E-state index in [0.717, 1.165) is 11.3 Å². The summed E-state index contributed by atoms with van der Waals surface area (Å²) in [6.07, 6.45) is 0. The highest BCUT2D eigenvalue weighted by molar-refractivity contribution is 7.17.